The molecule has 0 spiro atoms. The van der Waals surface area contributed by atoms with E-state index in [2.05, 4.69) is 26.0 Å². The van der Waals surface area contributed by atoms with E-state index in [-0.39, 0.29) is 31.5 Å². The highest BCUT2D eigenvalue weighted by Gasteiger charge is 2.32. The third-order valence-electron chi connectivity index (χ3n) is 4.17. The molecule has 1 aliphatic rings. The summed E-state index contributed by atoms with van der Waals surface area (Å²) in [5, 5.41) is 4.89. The standard InChI is InChI=1S/C18H17BrN4O4/c19-15-5-4-14-16-12(15)2-1-3-13(16)17(24)23(18(14)25)7-9-27-11-10-26-8-6-21-22-20/h1-5H,6-11H2. The fourth-order valence-corrected chi connectivity index (χ4v) is 3.40. The van der Waals surface area contributed by atoms with Crippen LogP contribution in [-0.4, -0.2) is 56.2 Å². The van der Waals surface area contributed by atoms with Crippen molar-refractivity contribution in [2.75, 3.05) is 39.5 Å². The summed E-state index contributed by atoms with van der Waals surface area (Å²) in [6.45, 7) is 1.66. The highest BCUT2D eigenvalue weighted by Crippen LogP contribution is 2.34. The molecule has 0 atom stereocenters. The molecular weight excluding hydrogens is 416 g/mol. The Morgan fingerprint density at radius 1 is 1.00 bits per heavy atom. The molecule has 0 aromatic heterocycles. The lowest BCUT2D eigenvalue weighted by Crippen LogP contribution is -2.42. The Kier molecular flexibility index (Phi) is 6.41. The quantitative estimate of drug-likeness (QED) is 0.198. The Hall–Kier alpha value is -2.45. The summed E-state index contributed by atoms with van der Waals surface area (Å²) in [7, 11) is 0. The van der Waals surface area contributed by atoms with Crippen molar-refractivity contribution in [3.05, 3.63) is 56.4 Å². The zero-order chi connectivity index (χ0) is 19.2. The first-order chi connectivity index (χ1) is 13.1. The summed E-state index contributed by atoms with van der Waals surface area (Å²) >= 11 is 3.47. The van der Waals surface area contributed by atoms with Crippen molar-refractivity contribution in [1.29, 1.82) is 0 Å². The van der Waals surface area contributed by atoms with Crippen LogP contribution >= 0.6 is 15.9 Å². The number of ether oxygens (including phenoxy) is 2. The molecule has 0 unspecified atom stereocenters. The van der Waals surface area contributed by atoms with E-state index in [0.717, 1.165) is 9.86 Å². The third-order valence-corrected chi connectivity index (χ3v) is 4.86. The molecule has 0 radical (unpaired) electrons. The van der Waals surface area contributed by atoms with E-state index >= 15 is 0 Å². The summed E-state index contributed by atoms with van der Waals surface area (Å²) in [6.07, 6.45) is 0. The molecule has 2 aromatic rings. The maximum absolute atomic E-state index is 12.8. The first-order valence-electron chi connectivity index (χ1n) is 8.39. The first-order valence-corrected chi connectivity index (χ1v) is 9.18. The molecule has 2 aromatic carbocycles. The highest BCUT2D eigenvalue weighted by atomic mass is 79.9. The summed E-state index contributed by atoms with van der Waals surface area (Å²) < 4.78 is 11.5. The Morgan fingerprint density at radius 2 is 1.70 bits per heavy atom. The average molecular weight is 433 g/mol. The second-order valence-corrected chi connectivity index (χ2v) is 6.62. The third kappa shape index (κ3) is 4.12. The lowest BCUT2D eigenvalue weighted by molar-refractivity contribution is 0.0353. The number of hydrogen-bond acceptors (Lipinski definition) is 5. The molecule has 9 heteroatoms. The lowest BCUT2D eigenvalue weighted by Gasteiger charge is -2.27. The van der Waals surface area contributed by atoms with E-state index in [1.807, 2.05) is 18.2 Å². The van der Waals surface area contributed by atoms with E-state index in [4.69, 9.17) is 15.0 Å². The Labute approximate surface area is 163 Å². The van der Waals surface area contributed by atoms with Gasteiger partial charge in [0.05, 0.1) is 33.0 Å². The van der Waals surface area contributed by atoms with Crippen LogP contribution in [-0.2, 0) is 9.47 Å². The molecule has 27 heavy (non-hydrogen) atoms. The van der Waals surface area contributed by atoms with Crippen LogP contribution in [0.1, 0.15) is 20.7 Å². The molecule has 1 aliphatic heterocycles. The van der Waals surface area contributed by atoms with Crippen molar-refractivity contribution < 1.29 is 19.1 Å². The number of benzene rings is 2. The minimum Gasteiger partial charge on any atom is -0.379 e. The lowest BCUT2D eigenvalue weighted by atomic mass is 9.94. The van der Waals surface area contributed by atoms with Crippen LogP contribution in [0.2, 0.25) is 0 Å². The van der Waals surface area contributed by atoms with Crippen LogP contribution in [0.15, 0.2) is 39.9 Å². The van der Waals surface area contributed by atoms with Crippen LogP contribution in [0.3, 0.4) is 0 Å². The summed E-state index contributed by atoms with van der Waals surface area (Å²) in [6, 6.07) is 8.97. The van der Waals surface area contributed by atoms with Gasteiger partial charge in [0.1, 0.15) is 0 Å². The van der Waals surface area contributed by atoms with Gasteiger partial charge < -0.3 is 9.47 Å². The molecule has 1 heterocycles. The second-order valence-electron chi connectivity index (χ2n) is 5.76. The normalized spacial score (nSPS) is 13.1. The maximum Gasteiger partial charge on any atom is 0.261 e. The van der Waals surface area contributed by atoms with E-state index < -0.39 is 0 Å². The van der Waals surface area contributed by atoms with Crippen LogP contribution in [0.4, 0.5) is 0 Å². The largest absolute Gasteiger partial charge is 0.379 e. The predicted octanol–water partition coefficient (Wildman–Crippen LogP) is 3.54. The van der Waals surface area contributed by atoms with Gasteiger partial charge in [0, 0.05) is 32.4 Å². The van der Waals surface area contributed by atoms with E-state index in [0.29, 0.717) is 36.3 Å². The fraction of sp³-hybridized carbons (Fsp3) is 0.333. The Morgan fingerprint density at radius 3 is 2.44 bits per heavy atom. The van der Waals surface area contributed by atoms with Gasteiger partial charge in [-0.15, -0.1) is 0 Å². The average Bonchev–Trinajstić information content (AvgIpc) is 2.68. The molecule has 0 bridgehead atoms. The molecule has 0 fully saturated rings. The number of imide groups is 1. The molecule has 3 rings (SSSR count). The molecule has 140 valence electrons. The first kappa shape index (κ1) is 19.3. The minimum atomic E-state index is -0.314. The number of azide groups is 1. The van der Waals surface area contributed by atoms with Gasteiger partial charge in [0.25, 0.3) is 11.8 Å². The Bertz CT molecular complexity index is 905. The number of carbonyl (C=O) groups is 2. The van der Waals surface area contributed by atoms with Crippen molar-refractivity contribution in [2.45, 2.75) is 0 Å². The van der Waals surface area contributed by atoms with E-state index in [1.54, 1.807) is 12.1 Å². The van der Waals surface area contributed by atoms with E-state index in [9.17, 15) is 9.59 Å². The minimum absolute atomic E-state index is 0.169. The van der Waals surface area contributed by atoms with Gasteiger partial charge in [-0.1, -0.05) is 33.2 Å². The number of carbonyl (C=O) groups excluding carboxylic acids is 2. The molecule has 0 saturated heterocycles. The van der Waals surface area contributed by atoms with Gasteiger partial charge in [0.2, 0.25) is 0 Å². The van der Waals surface area contributed by atoms with Crippen LogP contribution in [0, 0.1) is 0 Å². The number of rotatable bonds is 9. The van der Waals surface area contributed by atoms with E-state index in [1.165, 1.54) is 4.90 Å². The monoisotopic (exact) mass is 432 g/mol. The zero-order valence-corrected chi connectivity index (χ0v) is 16.0. The fourth-order valence-electron chi connectivity index (χ4n) is 2.94. The summed E-state index contributed by atoms with van der Waals surface area (Å²) in [5.74, 6) is -0.629. The van der Waals surface area contributed by atoms with Gasteiger partial charge in [-0.05, 0) is 29.1 Å². The molecular formula is C18H17BrN4O4. The van der Waals surface area contributed by atoms with Crippen molar-refractivity contribution >= 4 is 38.5 Å². The smallest absolute Gasteiger partial charge is 0.261 e. The molecule has 2 amide bonds. The highest BCUT2D eigenvalue weighted by molar-refractivity contribution is 9.10. The topological polar surface area (TPSA) is 105 Å². The van der Waals surface area contributed by atoms with Gasteiger partial charge in [-0.2, -0.15) is 0 Å². The van der Waals surface area contributed by atoms with Gasteiger partial charge in [-0.25, -0.2) is 0 Å². The van der Waals surface area contributed by atoms with Crippen molar-refractivity contribution in [2.24, 2.45) is 5.11 Å². The molecule has 8 nitrogen and oxygen atoms in total. The van der Waals surface area contributed by atoms with Gasteiger partial charge in [0.15, 0.2) is 0 Å². The summed E-state index contributed by atoms with van der Waals surface area (Å²) in [5.41, 5.74) is 9.18. The van der Waals surface area contributed by atoms with Crippen molar-refractivity contribution in [3.63, 3.8) is 0 Å². The molecule has 0 aliphatic carbocycles. The number of halogens is 1. The maximum atomic E-state index is 12.8. The number of amides is 2. The van der Waals surface area contributed by atoms with Crippen LogP contribution in [0.25, 0.3) is 21.2 Å². The second kappa shape index (κ2) is 8.96. The van der Waals surface area contributed by atoms with Crippen molar-refractivity contribution in [1.82, 2.24) is 4.90 Å². The molecule has 0 N–H and O–H groups in total. The SMILES string of the molecule is [N-]=[N+]=NCCOCCOCCN1C(=O)c2cccc3c(Br)ccc(c23)C1=O. The Balaban J connectivity index is 1.59. The predicted molar refractivity (Wildman–Crippen MR) is 103 cm³/mol. The van der Waals surface area contributed by atoms with Crippen LogP contribution < -0.4 is 0 Å². The number of nitrogens with zero attached hydrogens (tertiary/aromatic N) is 4. The van der Waals surface area contributed by atoms with Crippen molar-refractivity contribution in [3.8, 4) is 0 Å². The molecule has 0 saturated carbocycles. The summed E-state index contributed by atoms with van der Waals surface area (Å²) in [4.78, 5) is 29.4. The zero-order valence-electron chi connectivity index (χ0n) is 14.4. The number of hydrogen-bond donors (Lipinski definition) is 0. The van der Waals surface area contributed by atoms with Crippen LogP contribution in [0.5, 0.6) is 0 Å². The van der Waals surface area contributed by atoms with Gasteiger partial charge >= 0.3 is 0 Å². The van der Waals surface area contributed by atoms with Gasteiger partial charge in [-0.3, -0.25) is 14.5 Å².